The number of hydrogen-bond acceptors (Lipinski definition) is 12. The molecular weight excluding hydrogens is 559 g/mol. The summed E-state index contributed by atoms with van der Waals surface area (Å²) in [7, 11) is 1.26. The number of methoxy groups -OCH3 is 1. The molecule has 10 atom stereocenters. The Morgan fingerprint density at radius 2 is 1.52 bits per heavy atom. The Hall–Kier alpha value is -1.14. The number of esters is 1. The highest BCUT2D eigenvalue weighted by atomic mass is 127. The lowest BCUT2D eigenvalue weighted by atomic mass is 9.97. The number of ether oxygens (including phenoxy) is 5. The van der Waals surface area contributed by atoms with Gasteiger partial charge in [-0.1, -0.05) is 22.6 Å². The molecule has 2 aliphatic rings. The van der Waals surface area contributed by atoms with E-state index in [2.05, 4.69) is 4.74 Å². The van der Waals surface area contributed by atoms with Crippen molar-refractivity contribution in [3.63, 3.8) is 0 Å². The Morgan fingerprint density at radius 1 is 0.909 bits per heavy atom. The molecule has 0 unspecified atom stereocenters. The third-order valence-corrected chi connectivity index (χ3v) is 6.33. The zero-order chi connectivity index (χ0) is 24.3. The minimum absolute atomic E-state index is 0.263. The first kappa shape index (κ1) is 26.5. The molecule has 12 nitrogen and oxygen atoms in total. The summed E-state index contributed by atoms with van der Waals surface area (Å²) in [6.07, 6.45) is -14.0. The van der Waals surface area contributed by atoms with Gasteiger partial charge >= 0.3 is 5.97 Å². The van der Waals surface area contributed by atoms with E-state index >= 15 is 0 Å². The average molecular weight is 586 g/mol. The van der Waals surface area contributed by atoms with Gasteiger partial charge in [-0.05, 0) is 24.3 Å². The van der Waals surface area contributed by atoms with Gasteiger partial charge in [-0.15, -0.1) is 0 Å². The number of rotatable bonds is 7. The second kappa shape index (κ2) is 11.5. The fraction of sp³-hybridized carbons (Fsp3) is 0.650. The predicted octanol–water partition coefficient (Wildman–Crippen LogP) is -2.08. The summed E-state index contributed by atoms with van der Waals surface area (Å²) in [5, 5.41) is 60.6. The second-order valence-corrected chi connectivity index (χ2v) is 8.49. The van der Waals surface area contributed by atoms with Crippen LogP contribution in [0.5, 0.6) is 5.75 Å². The van der Waals surface area contributed by atoms with Crippen molar-refractivity contribution in [1.29, 1.82) is 0 Å². The van der Waals surface area contributed by atoms with Crippen molar-refractivity contribution in [3.05, 3.63) is 29.8 Å². The minimum atomic E-state index is -1.68. The fourth-order valence-electron chi connectivity index (χ4n) is 3.55. The highest BCUT2D eigenvalue weighted by molar-refractivity contribution is 14.1. The Balaban J connectivity index is 1.69. The summed E-state index contributed by atoms with van der Waals surface area (Å²) in [5.74, 6) is -0.261. The largest absolute Gasteiger partial charge is 0.465 e. The highest BCUT2D eigenvalue weighted by Gasteiger charge is 2.50. The molecule has 0 radical (unpaired) electrons. The van der Waals surface area contributed by atoms with Crippen LogP contribution in [0.25, 0.3) is 0 Å². The molecular formula is C20H27IO12. The van der Waals surface area contributed by atoms with Crippen molar-refractivity contribution >= 4 is 28.6 Å². The van der Waals surface area contributed by atoms with Gasteiger partial charge in [-0.25, -0.2) is 4.79 Å². The van der Waals surface area contributed by atoms with E-state index in [1.165, 1.54) is 31.4 Å². The van der Waals surface area contributed by atoms with Crippen LogP contribution < -0.4 is 4.74 Å². The first-order valence-electron chi connectivity index (χ1n) is 10.1. The topological polar surface area (TPSA) is 185 Å². The van der Waals surface area contributed by atoms with Crippen molar-refractivity contribution in [2.24, 2.45) is 0 Å². The maximum atomic E-state index is 11.5. The van der Waals surface area contributed by atoms with Gasteiger partial charge in [0.15, 0.2) is 6.29 Å². The summed E-state index contributed by atoms with van der Waals surface area (Å²) in [5.41, 5.74) is 0.299. The van der Waals surface area contributed by atoms with E-state index in [4.69, 9.17) is 18.9 Å². The molecule has 0 saturated carbocycles. The van der Waals surface area contributed by atoms with E-state index < -0.39 is 74.0 Å². The molecule has 0 bridgehead atoms. The Kier molecular flexibility index (Phi) is 9.24. The number of carbonyl (C=O) groups is 1. The van der Waals surface area contributed by atoms with Gasteiger partial charge in [0.05, 0.1) is 25.4 Å². The molecule has 2 heterocycles. The standard InChI is InChI=1S/C20H27IO12/c1-29-18(28)8-2-4-9(5-3-8)30-19-16(27)14(25)17(10(6-21)31-19)33-20-15(26)13(24)12(23)11(7-22)32-20/h2-5,10-17,19-20,22-27H,6-7H2,1H3/t10-,11-,12+,13+,14-,15-,16-,17-,19-,20+/m1/s1. The van der Waals surface area contributed by atoms with Crippen LogP contribution in [0.15, 0.2) is 24.3 Å². The molecule has 2 aliphatic heterocycles. The lowest BCUT2D eigenvalue weighted by molar-refractivity contribution is -0.348. The molecule has 186 valence electrons. The first-order valence-corrected chi connectivity index (χ1v) is 11.6. The second-order valence-electron chi connectivity index (χ2n) is 7.61. The lowest BCUT2D eigenvalue weighted by Gasteiger charge is -2.45. The van der Waals surface area contributed by atoms with Crippen molar-refractivity contribution in [3.8, 4) is 5.75 Å². The van der Waals surface area contributed by atoms with Crippen LogP contribution in [0, 0.1) is 0 Å². The summed E-state index contributed by atoms with van der Waals surface area (Å²) in [6.45, 7) is -0.641. The molecule has 0 amide bonds. The third-order valence-electron chi connectivity index (χ3n) is 5.46. The van der Waals surface area contributed by atoms with E-state index in [-0.39, 0.29) is 10.2 Å². The number of alkyl halides is 1. The van der Waals surface area contributed by atoms with Crippen molar-refractivity contribution in [1.82, 2.24) is 0 Å². The Bertz CT molecular complexity index is 775. The van der Waals surface area contributed by atoms with E-state index in [1.54, 1.807) is 0 Å². The smallest absolute Gasteiger partial charge is 0.337 e. The maximum absolute atomic E-state index is 11.5. The summed E-state index contributed by atoms with van der Waals surface area (Å²) >= 11 is 1.98. The zero-order valence-corrected chi connectivity index (χ0v) is 19.7. The minimum Gasteiger partial charge on any atom is -0.465 e. The van der Waals surface area contributed by atoms with Crippen LogP contribution in [0.2, 0.25) is 0 Å². The van der Waals surface area contributed by atoms with Gasteiger partial charge in [0.2, 0.25) is 6.29 Å². The number of benzene rings is 1. The molecule has 1 aromatic rings. The van der Waals surface area contributed by atoms with E-state index in [0.717, 1.165) is 0 Å². The Labute approximate surface area is 202 Å². The van der Waals surface area contributed by atoms with Crippen LogP contribution >= 0.6 is 22.6 Å². The number of hydrogen-bond donors (Lipinski definition) is 6. The molecule has 3 rings (SSSR count). The van der Waals surface area contributed by atoms with E-state index in [9.17, 15) is 35.4 Å². The van der Waals surface area contributed by atoms with Crippen LogP contribution in [0.3, 0.4) is 0 Å². The van der Waals surface area contributed by atoms with Crippen LogP contribution in [-0.4, -0.2) is 116 Å². The van der Waals surface area contributed by atoms with Crippen molar-refractivity contribution < 1.29 is 59.1 Å². The molecule has 0 aromatic heterocycles. The molecule has 0 aliphatic carbocycles. The zero-order valence-electron chi connectivity index (χ0n) is 17.5. The molecule has 0 spiro atoms. The number of aliphatic hydroxyl groups excluding tert-OH is 6. The molecule has 1 aromatic carbocycles. The molecule has 13 heteroatoms. The van der Waals surface area contributed by atoms with Crippen LogP contribution in [-0.2, 0) is 18.9 Å². The summed E-state index contributed by atoms with van der Waals surface area (Å²) in [6, 6.07) is 5.88. The summed E-state index contributed by atoms with van der Waals surface area (Å²) in [4.78, 5) is 11.5. The van der Waals surface area contributed by atoms with Crippen LogP contribution in [0.4, 0.5) is 0 Å². The number of aliphatic hydroxyl groups is 6. The fourth-order valence-corrected chi connectivity index (χ4v) is 4.26. The van der Waals surface area contributed by atoms with Gasteiger partial charge in [-0.2, -0.15) is 0 Å². The third kappa shape index (κ3) is 5.75. The van der Waals surface area contributed by atoms with Crippen LogP contribution in [0.1, 0.15) is 10.4 Å². The molecule has 2 fully saturated rings. The van der Waals surface area contributed by atoms with Gasteiger partial charge in [-0.3, -0.25) is 0 Å². The van der Waals surface area contributed by atoms with Crippen molar-refractivity contribution in [2.45, 2.75) is 61.4 Å². The molecule has 6 N–H and O–H groups in total. The quantitative estimate of drug-likeness (QED) is 0.117. The average Bonchev–Trinajstić information content (AvgIpc) is 2.83. The monoisotopic (exact) mass is 586 g/mol. The van der Waals surface area contributed by atoms with E-state index in [0.29, 0.717) is 5.56 Å². The number of halogens is 1. The Morgan fingerprint density at radius 3 is 2.09 bits per heavy atom. The van der Waals surface area contributed by atoms with Gasteiger partial charge < -0.3 is 54.3 Å². The highest BCUT2D eigenvalue weighted by Crippen LogP contribution is 2.31. The SMILES string of the molecule is COC(=O)c1ccc(O[C@@H]2O[C@H](CI)[C@@H](O[C@@H]3O[C@H](CO)[C@H](O)[C@H](O)[C@H]3O)[C@H](O)[C@H]2O)cc1. The van der Waals surface area contributed by atoms with Gasteiger partial charge in [0.1, 0.15) is 48.5 Å². The predicted molar refractivity (Wildman–Crippen MR) is 117 cm³/mol. The molecule has 2 saturated heterocycles. The maximum Gasteiger partial charge on any atom is 0.337 e. The van der Waals surface area contributed by atoms with Gasteiger partial charge in [0, 0.05) is 4.43 Å². The number of carbonyl (C=O) groups excluding carboxylic acids is 1. The molecule has 33 heavy (non-hydrogen) atoms. The lowest BCUT2D eigenvalue weighted by Crippen LogP contribution is -2.64. The van der Waals surface area contributed by atoms with Crippen molar-refractivity contribution in [2.75, 3.05) is 18.1 Å². The normalized spacial score (nSPS) is 39.2. The van der Waals surface area contributed by atoms with Gasteiger partial charge in [0.25, 0.3) is 0 Å². The first-order chi connectivity index (χ1) is 15.7. The summed E-state index contributed by atoms with van der Waals surface area (Å²) < 4.78 is 27.3. The van der Waals surface area contributed by atoms with E-state index in [1.807, 2.05) is 22.6 Å².